The average Bonchev–Trinajstić information content (AvgIpc) is 2.09. The number of rotatable bonds is 5. The van der Waals surface area contributed by atoms with Gasteiger partial charge in [0.25, 0.3) is 0 Å². The zero-order chi connectivity index (χ0) is 12.0. The van der Waals surface area contributed by atoms with Crippen molar-refractivity contribution in [3.05, 3.63) is 0 Å². The first kappa shape index (κ1) is 14.7. The van der Waals surface area contributed by atoms with Crippen LogP contribution in [0.3, 0.4) is 0 Å². The van der Waals surface area contributed by atoms with Crippen molar-refractivity contribution < 1.29 is 0 Å². The molecule has 3 heteroatoms. The van der Waals surface area contributed by atoms with E-state index in [2.05, 4.69) is 51.8 Å². The van der Waals surface area contributed by atoms with Gasteiger partial charge in [-0.15, -0.1) is 0 Å². The second-order valence-electron chi connectivity index (χ2n) is 5.22. The van der Waals surface area contributed by atoms with Gasteiger partial charge in [-0.25, -0.2) is 0 Å². The Morgan fingerprint density at radius 3 is 1.93 bits per heavy atom. The molecule has 0 aliphatic rings. The van der Waals surface area contributed by atoms with E-state index in [1.54, 1.807) is 0 Å². The Balaban J connectivity index is 4.17. The third-order valence-corrected chi connectivity index (χ3v) is 2.49. The number of nitrogens with zero attached hydrogens (tertiary/aromatic N) is 1. The summed E-state index contributed by atoms with van der Waals surface area (Å²) < 4.78 is 0. The summed E-state index contributed by atoms with van der Waals surface area (Å²) >= 11 is 5.40. The zero-order valence-corrected chi connectivity index (χ0v) is 11.8. The third kappa shape index (κ3) is 6.72. The monoisotopic (exact) mass is 230 g/mol. The minimum atomic E-state index is 0.472. The normalized spacial score (nSPS) is 11.3. The van der Waals surface area contributed by atoms with Gasteiger partial charge in [-0.2, -0.15) is 0 Å². The Kier molecular flexibility index (Phi) is 6.90. The van der Waals surface area contributed by atoms with Crippen LogP contribution in [0.5, 0.6) is 0 Å². The second kappa shape index (κ2) is 7.04. The molecule has 0 amide bonds. The first-order chi connectivity index (χ1) is 6.84. The molecule has 0 spiro atoms. The van der Waals surface area contributed by atoms with E-state index in [1.165, 1.54) is 0 Å². The lowest BCUT2D eigenvalue weighted by molar-refractivity contribution is 0.306. The summed E-state index contributed by atoms with van der Waals surface area (Å²) in [5, 5.41) is 4.22. The quantitative estimate of drug-likeness (QED) is 0.731. The van der Waals surface area contributed by atoms with E-state index in [-0.39, 0.29) is 0 Å². The van der Waals surface area contributed by atoms with Crippen LogP contribution in [0.1, 0.15) is 41.5 Å². The molecule has 0 aromatic carbocycles. The molecule has 0 unspecified atom stereocenters. The summed E-state index contributed by atoms with van der Waals surface area (Å²) in [5.41, 5.74) is 0. The van der Waals surface area contributed by atoms with Gasteiger partial charge in [-0.1, -0.05) is 27.7 Å². The summed E-state index contributed by atoms with van der Waals surface area (Å²) in [6, 6.07) is 0.472. The fourth-order valence-corrected chi connectivity index (χ4v) is 1.68. The minimum absolute atomic E-state index is 0.472. The Hall–Kier alpha value is -0.310. The molecule has 90 valence electrons. The van der Waals surface area contributed by atoms with E-state index in [1.807, 2.05) is 0 Å². The van der Waals surface area contributed by atoms with Crippen LogP contribution >= 0.6 is 12.2 Å². The van der Waals surface area contributed by atoms with Crippen LogP contribution in [0, 0.1) is 11.8 Å². The lowest BCUT2D eigenvalue weighted by Crippen LogP contribution is -2.46. The van der Waals surface area contributed by atoms with Gasteiger partial charge in [0.15, 0.2) is 5.11 Å². The summed E-state index contributed by atoms with van der Waals surface area (Å²) in [5.74, 6) is 1.28. The highest BCUT2D eigenvalue weighted by Gasteiger charge is 2.14. The fraction of sp³-hybridized carbons (Fsp3) is 0.917. The van der Waals surface area contributed by atoms with Gasteiger partial charge in [-0.3, -0.25) is 0 Å². The molecular weight excluding hydrogens is 204 g/mol. The zero-order valence-electron chi connectivity index (χ0n) is 11.0. The van der Waals surface area contributed by atoms with E-state index in [4.69, 9.17) is 12.2 Å². The van der Waals surface area contributed by atoms with Gasteiger partial charge < -0.3 is 10.2 Å². The second-order valence-corrected chi connectivity index (χ2v) is 5.61. The Labute approximate surface area is 100 Å². The lowest BCUT2D eigenvalue weighted by atomic mass is 10.2. The van der Waals surface area contributed by atoms with Crippen LogP contribution in [0.2, 0.25) is 0 Å². The van der Waals surface area contributed by atoms with E-state index in [9.17, 15) is 0 Å². The maximum Gasteiger partial charge on any atom is 0.169 e. The predicted molar refractivity (Wildman–Crippen MR) is 72.1 cm³/mol. The Bertz CT molecular complexity index is 188. The van der Waals surface area contributed by atoms with Crippen molar-refractivity contribution in [2.75, 3.05) is 13.1 Å². The molecule has 0 heterocycles. The van der Waals surface area contributed by atoms with Crippen molar-refractivity contribution in [2.24, 2.45) is 11.8 Å². The van der Waals surface area contributed by atoms with Gasteiger partial charge in [-0.05, 0) is 37.9 Å². The Morgan fingerprint density at radius 1 is 1.07 bits per heavy atom. The number of nitrogens with one attached hydrogen (secondary N) is 1. The van der Waals surface area contributed by atoms with E-state index >= 15 is 0 Å². The van der Waals surface area contributed by atoms with Crippen LogP contribution in [0.15, 0.2) is 0 Å². The number of hydrogen-bond acceptors (Lipinski definition) is 1. The smallest absolute Gasteiger partial charge is 0.169 e. The van der Waals surface area contributed by atoms with E-state index in [0.29, 0.717) is 17.9 Å². The largest absolute Gasteiger partial charge is 0.362 e. The Morgan fingerprint density at radius 2 is 1.60 bits per heavy atom. The molecule has 0 saturated carbocycles. The molecule has 0 atom stereocenters. The van der Waals surface area contributed by atoms with Gasteiger partial charge in [0.1, 0.15) is 0 Å². The highest BCUT2D eigenvalue weighted by molar-refractivity contribution is 7.80. The van der Waals surface area contributed by atoms with Crippen molar-refractivity contribution in [2.45, 2.75) is 47.6 Å². The van der Waals surface area contributed by atoms with Crippen molar-refractivity contribution in [3.63, 3.8) is 0 Å². The topological polar surface area (TPSA) is 15.3 Å². The summed E-state index contributed by atoms with van der Waals surface area (Å²) in [7, 11) is 0. The van der Waals surface area contributed by atoms with Crippen LogP contribution in [-0.4, -0.2) is 29.1 Å². The van der Waals surface area contributed by atoms with Gasteiger partial charge >= 0.3 is 0 Å². The van der Waals surface area contributed by atoms with Crippen molar-refractivity contribution >= 4 is 17.3 Å². The predicted octanol–water partition coefficient (Wildman–Crippen LogP) is 2.88. The molecule has 0 fully saturated rings. The van der Waals surface area contributed by atoms with Gasteiger partial charge in [0.2, 0.25) is 0 Å². The summed E-state index contributed by atoms with van der Waals surface area (Å²) in [6.07, 6.45) is 0. The molecule has 15 heavy (non-hydrogen) atoms. The molecule has 0 aliphatic carbocycles. The molecular formula is C12H26N2S. The van der Waals surface area contributed by atoms with E-state index < -0.39 is 0 Å². The molecule has 0 saturated heterocycles. The first-order valence-electron chi connectivity index (χ1n) is 5.89. The first-order valence-corrected chi connectivity index (χ1v) is 6.29. The molecule has 0 bridgehead atoms. The molecule has 0 radical (unpaired) electrons. The van der Waals surface area contributed by atoms with Crippen molar-refractivity contribution in [3.8, 4) is 0 Å². The third-order valence-electron chi connectivity index (χ3n) is 2.11. The molecule has 0 rings (SSSR count). The highest BCUT2D eigenvalue weighted by atomic mass is 32.1. The highest BCUT2D eigenvalue weighted by Crippen LogP contribution is 2.05. The summed E-state index contributed by atoms with van der Waals surface area (Å²) in [6.45, 7) is 15.2. The van der Waals surface area contributed by atoms with Crippen LogP contribution in [0.4, 0.5) is 0 Å². The molecule has 0 aliphatic heterocycles. The van der Waals surface area contributed by atoms with Crippen LogP contribution in [-0.2, 0) is 0 Å². The van der Waals surface area contributed by atoms with Gasteiger partial charge in [0.05, 0.1) is 0 Å². The SMILES string of the molecule is CC(C)CNC(=S)N(CC(C)C)C(C)C. The molecule has 0 aromatic heterocycles. The van der Waals surface area contributed by atoms with Crippen molar-refractivity contribution in [1.82, 2.24) is 10.2 Å². The molecule has 1 N–H and O–H groups in total. The molecule has 2 nitrogen and oxygen atoms in total. The number of thiocarbonyl (C=S) groups is 1. The van der Waals surface area contributed by atoms with Crippen molar-refractivity contribution in [1.29, 1.82) is 0 Å². The average molecular weight is 230 g/mol. The maximum absolute atomic E-state index is 5.40. The van der Waals surface area contributed by atoms with E-state index in [0.717, 1.165) is 18.2 Å². The van der Waals surface area contributed by atoms with Gasteiger partial charge in [0, 0.05) is 19.1 Å². The molecule has 0 aromatic rings. The van der Waals surface area contributed by atoms with Crippen LogP contribution < -0.4 is 5.32 Å². The summed E-state index contributed by atoms with van der Waals surface area (Å²) in [4.78, 5) is 2.27. The fourth-order valence-electron chi connectivity index (χ4n) is 1.31. The minimum Gasteiger partial charge on any atom is -0.362 e. The standard InChI is InChI=1S/C12H26N2S/c1-9(2)7-13-12(15)14(11(5)6)8-10(3)4/h9-11H,7-8H2,1-6H3,(H,13,15). The van der Waals surface area contributed by atoms with Crippen LogP contribution in [0.25, 0.3) is 0 Å². The number of hydrogen-bond donors (Lipinski definition) is 1. The lowest BCUT2D eigenvalue weighted by Gasteiger charge is -2.31. The maximum atomic E-state index is 5.40.